The van der Waals surface area contributed by atoms with Crippen LogP contribution in [0.1, 0.15) is 12.5 Å². The largest absolute Gasteiger partial charge is 0.280 e. The average molecular weight is 457 g/mol. The first-order valence-corrected chi connectivity index (χ1v) is 11.2. The Bertz CT molecular complexity index is 1370. The monoisotopic (exact) mass is 456 g/mol. The first-order valence-electron chi connectivity index (χ1n) is 9.14. The van der Waals surface area contributed by atoms with E-state index in [9.17, 15) is 13.2 Å². The third kappa shape index (κ3) is 4.98. The summed E-state index contributed by atoms with van der Waals surface area (Å²) in [5.41, 5.74) is 5.80. The highest BCUT2D eigenvalue weighted by Crippen LogP contribution is 2.29. The maximum Gasteiger partial charge on any atom is 0.238 e. The molecule has 2 N–H and O–H groups in total. The van der Waals surface area contributed by atoms with E-state index < -0.39 is 10.0 Å². The van der Waals surface area contributed by atoms with Crippen LogP contribution in [-0.4, -0.2) is 34.4 Å². The number of carbonyl (C=O) groups is 1. The number of amides is 1. The van der Waals surface area contributed by atoms with E-state index in [2.05, 4.69) is 25.3 Å². The fourth-order valence-electron chi connectivity index (χ4n) is 2.96. The van der Waals surface area contributed by atoms with Gasteiger partial charge in [-0.3, -0.25) is 9.52 Å². The van der Waals surface area contributed by atoms with Gasteiger partial charge in [-0.25, -0.2) is 18.8 Å². The van der Waals surface area contributed by atoms with Gasteiger partial charge in [-0.1, -0.05) is 52.9 Å². The maximum absolute atomic E-state index is 12.6. The highest BCUT2D eigenvalue weighted by molar-refractivity contribution is 7.91. The smallest absolute Gasteiger partial charge is 0.238 e. The molecule has 2 heterocycles. The number of aromatic nitrogens is 4. The summed E-state index contributed by atoms with van der Waals surface area (Å²) < 4.78 is 27.7. The molecule has 158 valence electrons. The lowest BCUT2D eigenvalue weighted by molar-refractivity contribution is -0.115. The van der Waals surface area contributed by atoms with Crippen LogP contribution >= 0.6 is 11.6 Å². The minimum atomic E-state index is -3.69. The molecule has 0 aliphatic heterocycles. The second kappa shape index (κ2) is 8.32. The lowest BCUT2D eigenvalue weighted by atomic mass is 10.1. The topological polar surface area (TPSA) is 119 Å². The number of halogens is 1. The lowest BCUT2D eigenvalue weighted by Crippen LogP contribution is -2.22. The third-order valence-corrected chi connectivity index (χ3v) is 5.82. The minimum Gasteiger partial charge on any atom is -0.280 e. The zero-order valence-corrected chi connectivity index (χ0v) is 17.9. The molecule has 0 bridgehead atoms. The van der Waals surface area contributed by atoms with Crippen molar-refractivity contribution in [2.24, 2.45) is 0 Å². The summed E-state index contributed by atoms with van der Waals surface area (Å²) in [5.74, 6) is -0.484. The van der Waals surface area contributed by atoms with Crippen LogP contribution in [0, 0.1) is 0 Å². The maximum atomic E-state index is 12.6. The molecule has 0 saturated carbocycles. The van der Waals surface area contributed by atoms with Crippen LogP contribution in [0.3, 0.4) is 0 Å². The Morgan fingerprint density at radius 2 is 1.77 bits per heavy atom. The molecule has 0 radical (unpaired) electrons. The summed E-state index contributed by atoms with van der Waals surface area (Å²) in [7, 11) is -3.69. The van der Waals surface area contributed by atoms with Gasteiger partial charge in [-0.05, 0) is 29.3 Å². The molecule has 0 unspecified atom stereocenters. The Labute approximate surface area is 183 Å². The number of anilines is 1. The molecule has 0 spiro atoms. The van der Waals surface area contributed by atoms with Gasteiger partial charge in [-0.2, -0.15) is 0 Å². The van der Waals surface area contributed by atoms with E-state index in [-0.39, 0.29) is 22.5 Å². The van der Waals surface area contributed by atoms with Gasteiger partial charge >= 0.3 is 0 Å². The van der Waals surface area contributed by atoms with Gasteiger partial charge in [0.15, 0.2) is 5.15 Å². The minimum absolute atomic E-state index is 0.0399. The normalized spacial score (nSPS) is 11.4. The molecule has 31 heavy (non-hydrogen) atoms. The van der Waals surface area contributed by atoms with Crippen LogP contribution < -0.4 is 10.1 Å². The molecule has 11 heteroatoms. The Kier molecular flexibility index (Phi) is 5.57. The average Bonchev–Trinajstić information content (AvgIpc) is 3.10. The van der Waals surface area contributed by atoms with Crippen molar-refractivity contribution >= 4 is 44.3 Å². The van der Waals surface area contributed by atoms with Crippen molar-refractivity contribution in [1.82, 2.24) is 20.1 Å². The molecule has 0 aliphatic rings. The molecule has 0 aliphatic carbocycles. The van der Waals surface area contributed by atoms with Crippen molar-refractivity contribution in [2.75, 3.05) is 10.1 Å². The summed E-state index contributed by atoms with van der Waals surface area (Å²) in [6, 6.07) is 15.7. The van der Waals surface area contributed by atoms with Gasteiger partial charge in [0.05, 0.1) is 11.4 Å². The fourth-order valence-corrected chi connectivity index (χ4v) is 4.36. The quantitative estimate of drug-likeness (QED) is 0.430. The molecule has 0 fully saturated rings. The van der Waals surface area contributed by atoms with Crippen molar-refractivity contribution in [1.29, 1.82) is 0 Å². The van der Waals surface area contributed by atoms with Gasteiger partial charge in [0.25, 0.3) is 0 Å². The number of fused-ring (bicyclic) bond motifs is 1. The molecule has 4 aromatic rings. The number of sulfonamides is 1. The summed E-state index contributed by atoms with van der Waals surface area (Å²) in [6.07, 6.45) is 1.54. The zero-order valence-electron chi connectivity index (χ0n) is 16.3. The van der Waals surface area contributed by atoms with Crippen molar-refractivity contribution in [2.45, 2.75) is 12.7 Å². The number of pyridine rings is 1. The van der Waals surface area contributed by atoms with Crippen molar-refractivity contribution < 1.29 is 13.2 Å². The Morgan fingerprint density at radius 1 is 1.03 bits per heavy atom. The first-order chi connectivity index (χ1) is 14.8. The van der Waals surface area contributed by atoms with E-state index in [0.717, 1.165) is 10.5 Å². The van der Waals surface area contributed by atoms with Gasteiger partial charge in [0, 0.05) is 18.7 Å². The molecule has 0 atom stereocenters. The second-order valence-corrected chi connectivity index (χ2v) is 8.85. The van der Waals surface area contributed by atoms with Crippen LogP contribution in [0.2, 0.25) is 5.15 Å². The highest BCUT2D eigenvalue weighted by atomic mass is 35.5. The number of hydrogen-bond donors (Lipinski definition) is 2. The molecule has 0 saturated heterocycles. The van der Waals surface area contributed by atoms with E-state index in [1.165, 1.54) is 13.1 Å². The third-order valence-electron chi connectivity index (χ3n) is 4.28. The Balaban J connectivity index is 1.62. The van der Waals surface area contributed by atoms with Crippen LogP contribution in [0.25, 0.3) is 22.2 Å². The van der Waals surface area contributed by atoms with Crippen molar-refractivity contribution in [3.05, 3.63) is 71.5 Å². The van der Waals surface area contributed by atoms with E-state index in [4.69, 9.17) is 11.6 Å². The molecule has 9 nitrogen and oxygen atoms in total. The summed E-state index contributed by atoms with van der Waals surface area (Å²) in [4.78, 5) is 16.4. The Hall–Kier alpha value is -3.50. The van der Waals surface area contributed by atoms with E-state index in [1.807, 2.05) is 6.07 Å². The predicted octanol–water partition coefficient (Wildman–Crippen LogP) is 3.18. The predicted molar refractivity (Wildman–Crippen MR) is 118 cm³/mol. The lowest BCUT2D eigenvalue weighted by Gasteiger charge is -2.11. The molecular weight excluding hydrogens is 440 g/mol. The van der Waals surface area contributed by atoms with E-state index in [1.54, 1.807) is 48.5 Å². The summed E-state index contributed by atoms with van der Waals surface area (Å²) in [5, 5.41) is 8.39. The molecule has 2 aromatic heterocycles. The summed E-state index contributed by atoms with van der Waals surface area (Å²) in [6.45, 7) is 1.36. The SMILES string of the molecule is CC(=O)Nn1nc2ccc(-c3cnc(Cl)c(NS(=O)(=O)Cc4ccccc4)c3)cc2n1. The van der Waals surface area contributed by atoms with E-state index in [0.29, 0.717) is 22.2 Å². The molecular formula is C20H17ClN6O3S. The number of hydrogen-bond acceptors (Lipinski definition) is 6. The standard InChI is InChI=1S/C20H17ClN6O3S/c1-13(28)23-27-24-17-8-7-15(9-18(17)25-27)16-10-19(20(21)22-11-16)26-31(29,30)12-14-5-3-2-4-6-14/h2-11,26H,12H2,1H3,(H,23,28). The van der Waals surface area contributed by atoms with Crippen molar-refractivity contribution in [3.63, 3.8) is 0 Å². The molecule has 2 aromatic carbocycles. The summed E-state index contributed by atoms with van der Waals surface area (Å²) >= 11 is 6.14. The van der Waals surface area contributed by atoms with Crippen molar-refractivity contribution in [3.8, 4) is 11.1 Å². The van der Waals surface area contributed by atoms with Crippen LogP contribution in [0.5, 0.6) is 0 Å². The number of nitrogens with zero attached hydrogens (tertiary/aromatic N) is 4. The van der Waals surface area contributed by atoms with Crippen LogP contribution in [-0.2, 0) is 20.6 Å². The zero-order chi connectivity index (χ0) is 22.0. The van der Waals surface area contributed by atoms with Gasteiger partial charge in [0.2, 0.25) is 15.9 Å². The number of carbonyl (C=O) groups excluding carboxylic acids is 1. The van der Waals surface area contributed by atoms with Crippen LogP contribution in [0.4, 0.5) is 5.69 Å². The number of nitrogens with one attached hydrogen (secondary N) is 2. The highest BCUT2D eigenvalue weighted by Gasteiger charge is 2.16. The number of rotatable bonds is 6. The Morgan fingerprint density at radius 3 is 2.52 bits per heavy atom. The molecule has 4 rings (SSSR count). The van der Waals surface area contributed by atoms with Gasteiger partial charge in [-0.15, -0.1) is 10.2 Å². The van der Waals surface area contributed by atoms with Gasteiger partial charge < -0.3 is 0 Å². The van der Waals surface area contributed by atoms with E-state index >= 15 is 0 Å². The number of benzene rings is 2. The first kappa shape index (κ1) is 20.8. The van der Waals surface area contributed by atoms with Gasteiger partial charge in [0.1, 0.15) is 11.0 Å². The van der Waals surface area contributed by atoms with Crippen LogP contribution in [0.15, 0.2) is 60.8 Å². The fraction of sp³-hybridized carbons (Fsp3) is 0.100. The second-order valence-electron chi connectivity index (χ2n) is 6.77. The molecule has 1 amide bonds.